The van der Waals surface area contributed by atoms with Gasteiger partial charge < -0.3 is 15.0 Å². The molecule has 0 saturated carbocycles. The number of nitrogens with one attached hydrogen (secondary N) is 1. The largest absolute Gasteiger partial charge is 0.483 e. The van der Waals surface area contributed by atoms with Gasteiger partial charge in [-0.25, -0.2) is 0 Å². The van der Waals surface area contributed by atoms with E-state index in [4.69, 9.17) is 27.9 Å². The third kappa shape index (κ3) is 7.44. The molecule has 2 aromatic rings. The maximum absolute atomic E-state index is 13.1. The van der Waals surface area contributed by atoms with Crippen LogP contribution >= 0.6 is 23.2 Å². The van der Waals surface area contributed by atoms with E-state index in [0.29, 0.717) is 28.3 Å². The molecule has 0 bridgehead atoms. The van der Waals surface area contributed by atoms with E-state index in [2.05, 4.69) is 5.32 Å². The molecule has 0 fully saturated rings. The molecule has 168 valence electrons. The van der Waals surface area contributed by atoms with Gasteiger partial charge in [0.25, 0.3) is 5.91 Å². The molecular weight excluding hydrogens is 435 g/mol. The summed E-state index contributed by atoms with van der Waals surface area (Å²) in [6, 6.07) is 10.3. The van der Waals surface area contributed by atoms with Crippen LogP contribution in [0.2, 0.25) is 10.0 Å². The highest BCUT2D eigenvalue weighted by molar-refractivity contribution is 6.42. The molecule has 0 unspecified atom stereocenters. The second-order valence-electron chi connectivity index (χ2n) is 8.14. The predicted molar refractivity (Wildman–Crippen MR) is 126 cm³/mol. The van der Waals surface area contributed by atoms with Crippen molar-refractivity contribution in [1.29, 1.82) is 0 Å². The first-order valence-electron chi connectivity index (χ1n) is 10.3. The number of nitrogens with zero attached hydrogens (tertiary/aromatic N) is 1. The zero-order valence-electron chi connectivity index (χ0n) is 18.7. The number of ether oxygens (including phenoxy) is 1. The molecule has 0 heterocycles. The lowest BCUT2D eigenvalue weighted by molar-refractivity contribution is -0.142. The van der Waals surface area contributed by atoms with Crippen molar-refractivity contribution in [1.82, 2.24) is 10.2 Å². The maximum atomic E-state index is 13.1. The number of aryl methyl sites for hydroxylation is 2. The fraction of sp³-hybridized carbons (Fsp3) is 0.417. The average molecular weight is 465 g/mol. The van der Waals surface area contributed by atoms with Crippen molar-refractivity contribution in [2.24, 2.45) is 5.92 Å². The minimum atomic E-state index is -0.677. The number of halogens is 2. The van der Waals surface area contributed by atoms with Crippen molar-refractivity contribution in [3.8, 4) is 5.75 Å². The Labute approximate surface area is 194 Å². The summed E-state index contributed by atoms with van der Waals surface area (Å²) in [5, 5.41) is 3.72. The Kier molecular flexibility index (Phi) is 9.20. The quantitative estimate of drug-likeness (QED) is 0.555. The zero-order valence-corrected chi connectivity index (χ0v) is 20.2. The summed E-state index contributed by atoms with van der Waals surface area (Å²) >= 11 is 12.1. The highest BCUT2D eigenvalue weighted by Crippen LogP contribution is 2.24. The molecule has 5 nitrogen and oxygen atoms in total. The van der Waals surface area contributed by atoms with E-state index in [0.717, 1.165) is 16.7 Å². The zero-order chi connectivity index (χ0) is 23.1. The summed E-state index contributed by atoms with van der Waals surface area (Å²) in [4.78, 5) is 27.3. The second-order valence-corrected chi connectivity index (χ2v) is 8.96. The molecule has 2 aromatic carbocycles. The summed E-state index contributed by atoms with van der Waals surface area (Å²) in [6.07, 6.45) is 0. The van der Waals surface area contributed by atoms with Crippen LogP contribution in [0.4, 0.5) is 0 Å². The van der Waals surface area contributed by atoms with E-state index in [9.17, 15) is 9.59 Å². The summed E-state index contributed by atoms with van der Waals surface area (Å²) in [5.74, 6) is 0.445. The molecular formula is C24H30Cl2N2O3. The van der Waals surface area contributed by atoms with Gasteiger partial charge in [0.15, 0.2) is 6.61 Å². The van der Waals surface area contributed by atoms with E-state index in [1.54, 1.807) is 25.1 Å². The summed E-state index contributed by atoms with van der Waals surface area (Å²) in [7, 11) is 0. The lowest BCUT2D eigenvalue weighted by atomic mass is 10.1. The summed E-state index contributed by atoms with van der Waals surface area (Å²) in [6.45, 7) is 10.2. The van der Waals surface area contributed by atoms with Gasteiger partial charge in [0.05, 0.1) is 10.0 Å². The minimum absolute atomic E-state index is 0.174. The van der Waals surface area contributed by atoms with Crippen LogP contribution in [0, 0.1) is 19.8 Å². The molecule has 0 aliphatic heterocycles. The number of benzene rings is 2. The molecule has 0 aliphatic carbocycles. The van der Waals surface area contributed by atoms with Crippen molar-refractivity contribution in [2.45, 2.75) is 47.2 Å². The van der Waals surface area contributed by atoms with Crippen LogP contribution in [0.5, 0.6) is 5.75 Å². The number of carbonyl (C=O) groups is 2. The van der Waals surface area contributed by atoms with Gasteiger partial charge in [-0.3, -0.25) is 9.59 Å². The first-order chi connectivity index (χ1) is 14.6. The molecule has 1 N–H and O–H groups in total. The molecule has 0 spiro atoms. The first-order valence-corrected chi connectivity index (χ1v) is 11.0. The normalized spacial score (nSPS) is 11.9. The van der Waals surface area contributed by atoms with Gasteiger partial charge >= 0.3 is 0 Å². The fourth-order valence-corrected chi connectivity index (χ4v) is 3.37. The van der Waals surface area contributed by atoms with Gasteiger partial charge in [-0.2, -0.15) is 0 Å². The van der Waals surface area contributed by atoms with Crippen LogP contribution < -0.4 is 10.1 Å². The standard InChI is InChI=1S/C24H30Cl2N2O3/c1-15(2)12-27-24(30)18(5)28(13-19-7-8-20(25)21(26)11-19)23(29)14-31-22-9-6-16(3)10-17(22)4/h6-11,15,18H,12-14H2,1-5H3,(H,27,30)/t18-/m0/s1. The predicted octanol–water partition coefficient (Wildman–Crippen LogP) is 5.18. The molecule has 0 aliphatic rings. The fourth-order valence-electron chi connectivity index (χ4n) is 3.05. The lowest BCUT2D eigenvalue weighted by Crippen LogP contribution is -2.49. The van der Waals surface area contributed by atoms with Crippen LogP contribution in [-0.4, -0.2) is 35.9 Å². The van der Waals surface area contributed by atoms with Gasteiger partial charge in [-0.1, -0.05) is 60.8 Å². The van der Waals surface area contributed by atoms with E-state index in [1.165, 1.54) is 4.90 Å². The average Bonchev–Trinajstić information content (AvgIpc) is 2.71. The minimum Gasteiger partial charge on any atom is -0.483 e. The van der Waals surface area contributed by atoms with E-state index in [1.807, 2.05) is 45.9 Å². The Morgan fingerprint density at radius 3 is 2.35 bits per heavy atom. The Morgan fingerprint density at radius 1 is 1.03 bits per heavy atom. The van der Waals surface area contributed by atoms with Crippen LogP contribution in [0.1, 0.15) is 37.5 Å². The molecule has 0 radical (unpaired) electrons. The number of hydrogen-bond acceptors (Lipinski definition) is 3. The Hall–Kier alpha value is -2.24. The number of hydrogen-bond donors (Lipinski definition) is 1. The van der Waals surface area contributed by atoms with Gasteiger partial charge in [0, 0.05) is 13.1 Å². The third-order valence-corrected chi connectivity index (χ3v) is 5.61. The van der Waals surface area contributed by atoms with Crippen molar-refractivity contribution in [2.75, 3.05) is 13.2 Å². The number of amides is 2. The van der Waals surface area contributed by atoms with Crippen molar-refractivity contribution in [3.63, 3.8) is 0 Å². The van der Waals surface area contributed by atoms with Gasteiger partial charge in [-0.15, -0.1) is 0 Å². The van der Waals surface area contributed by atoms with Crippen molar-refractivity contribution in [3.05, 3.63) is 63.1 Å². The topological polar surface area (TPSA) is 58.6 Å². The van der Waals surface area contributed by atoms with E-state index >= 15 is 0 Å². The lowest BCUT2D eigenvalue weighted by Gasteiger charge is -2.29. The van der Waals surface area contributed by atoms with Gasteiger partial charge in [0.1, 0.15) is 11.8 Å². The van der Waals surface area contributed by atoms with Crippen LogP contribution in [0.25, 0.3) is 0 Å². The van der Waals surface area contributed by atoms with Crippen molar-refractivity contribution >= 4 is 35.0 Å². The first kappa shape index (κ1) is 25.0. The second kappa shape index (κ2) is 11.4. The van der Waals surface area contributed by atoms with Crippen LogP contribution in [-0.2, 0) is 16.1 Å². The van der Waals surface area contributed by atoms with Gasteiger partial charge in [-0.05, 0) is 56.0 Å². The summed E-state index contributed by atoms with van der Waals surface area (Å²) < 4.78 is 5.77. The number of rotatable bonds is 9. The van der Waals surface area contributed by atoms with Crippen LogP contribution in [0.3, 0.4) is 0 Å². The van der Waals surface area contributed by atoms with E-state index in [-0.39, 0.29) is 25.0 Å². The highest BCUT2D eigenvalue weighted by atomic mass is 35.5. The SMILES string of the molecule is Cc1ccc(OCC(=O)N(Cc2ccc(Cl)c(Cl)c2)[C@@H](C)C(=O)NCC(C)C)c(C)c1. The smallest absolute Gasteiger partial charge is 0.261 e. The van der Waals surface area contributed by atoms with Crippen molar-refractivity contribution < 1.29 is 14.3 Å². The third-order valence-electron chi connectivity index (χ3n) is 4.87. The summed E-state index contributed by atoms with van der Waals surface area (Å²) in [5.41, 5.74) is 2.84. The Balaban J connectivity index is 2.18. The molecule has 0 aromatic heterocycles. The molecule has 2 rings (SSSR count). The Morgan fingerprint density at radius 2 is 1.74 bits per heavy atom. The number of carbonyl (C=O) groups excluding carboxylic acids is 2. The maximum Gasteiger partial charge on any atom is 0.261 e. The van der Waals surface area contributed by atoms with E-state index < -0.39 is 6.04 Å². The highest BCUT2D eigenvalue weighted by Gasteiger charge is 2.27. The van der Waals surface area contributed by atoms with Crippen LogP contribution in [0.15, 0.2) is 36.4 Å². The van der Waals surface area contributed by atoms with Gasteiger partial charge in [0.2, 0.25) is 5.91 Å². The molecule has 7 heteroatoms. The molecule has 2 amide bonds. The Bertz CT molecular complexity index is 931. The monoisotopic (exact) mass is 464 g/mol. The molecule has 31 heavy (non-hydrogen) atoms. The molecule has 1 atom stereocenters. The molecule has 0 saturated heterocycles.